The van der Waals surface area contributed by atoms with E-state index in [4.69, 9.17) is 11.6 Å². The number of piperazine rings is 1. The highest BCUT2D eigenvalue weighted by Gasteiger charge is 2.28. The van der Waals surface area contributed by atoms with E-state index in [-0.39, 0.29) is 30.6 Å². The van der Waals surface area contributed by atoms with E-state index in [0.717, 1.165) is 11.3 Å². The highest BCUT2D eigenvalue weighted by molar-refractivity contribution is 6.30. The quantitative estimate of drug-likeness (QED) is 0.777. The number of benzene rings is 1. The zero-order valence-electron chi connectivity index (χ0n) is 15.6. The van der Waals surface area contributed by atoms with Gasteiger partial charge in [-0.15, -0.1) is 0 Å². The number of β-amino-alcohol motifs (C(OH)–C–C–N with tert-alkyl or cyclic N) is 1. The van der Waals surface area contributed by atoms with Crippen molar-refractivity contribution in [2.45, 2.75) is 19.6 Å². The van der Waals surface area contributed by atoms with Gasteiger partial charge in [0.1, 0.15) is 5.69 Å². The maximum Gasteiger partial charge on any atom is 0.274 e. The van der Waals surface area contributed by atoms with Crippen LogP contribution in [0.4, 0.5) is 5.69 Å². The molecule has 2 aliphatic rings. The van der Waals surface area contributed by atoms with E-state index in [2.05, 4.69) is 15.3 Å². The van der Waals surface area contributed by atoms with Crippen molar-refractivity contribution in [3.05, 3.63) is 46.2 Å². The molecule has 0 bridgehead atoms. The van der Waals surface area contributed by atoms with Crippen LogP contribution in [0.15, 0.2) is 24.3 Å². The van der Waals surface area contributed by atoms with Gasteiger partial charge in [-0.1, -0.05) is 17.7 Å². The first-order valence-corrected chi connectivity index (χ1v) is 9.64. The highest BCUT2D eigenvalue weighted by atomic mass is 35.5. The van der Waals surface area contributed by atoms with E-state index in [0.29, 0.717) is 36.9 Å². The molecule has 2 aliphatic heterocycles. The van der Waals surface area contributed by atoms with E-state index in [1.165, 1.54) is 10.7 Å². The van der Waals surface area contributed by atoms with Crippen LogP contribution in [-0.2, 0) is 6.54 Å². The van der Waals surface area contributed by atoms with Gasteiger partial charge in [-0.2, -0.15) is 5.10 Å². The third kappa shape index (κ3) is 3.57. The summed E-state index contributed by atoms with van der Waals surface area (Å²) in [7, 11) is 0. The summed E-state index contributed by atoms with van der Waals surface area (Å²) in [4.78, 5) is 28.9. The fraction of sp³-hybridized carbons (Fsp3) is 0.421. The van der Waals surface area contributed by atoms with E-state index < -0.39 is 6.10 Å². The van der Waals surface area contributed by atoms with Crippen molar-refractivity contribution in [2.75, 3.05) is 37.6 Å². The molecule has 2 amide bonds. The number of hydrogen-bond acceptors (Lipinski definition) is 5. The molecule has 3 heterocycles. The van der Waals surface area contributed by atoms with Crippen molar-refractivity contribution in [3.63, 3.8) is 0 Å². The number of aliphatic hydroxyl groups is 1. The molecule has 1 atom stereocenters. The summed E-state index contributed by atoms with van der Waals surface area (Å²) in [5, 5.41) is 17.4. The average Bonchev–Trinajstić information content (AvgIpc) is 3.06. The van der Waals surface area contributed by atoms with Gasteiger partial charge in [0, 0.05) is 49.5 Å². The second-order valence-corrected chi connectivity index (χ2v) is 7.61. The summed E-state index contributed by atoms with van der Waals surface area (Å²) in [6.45, 7) is 4.91. The Morgan fingerprint density at radius 1 is 1.25 bits per heavy atom. The Labute approximate surface area is 167 Å². The van der Waals surface area contributed by atoms with Gasteiger partial charge in [0.2, 0.25) is 0 Å². The molecule has 9 heteroatoms. The number of anilines is 1. The molecule has 148 valence electrons. The first-order chi connectivity index (χ1) is 13.4. The predicted molar refractivity (Wildman–Crippen MR) is 105 cm³/mol. The topological polar surface area (TPSA) is 90.7 Å². The highest BCUT2D eigenvalue weighted by Crippen LogP contribution is 2.25. The number of aliphatic hydroxyl groups excluding tert-OH is 1. The Balaban J connectivity index is 1.46. The van der Waals surface area contributed by atoms with Crippen LogP contribution in [0.2, 0.25) is 5.02 Å². The van der Waals surface area contributed by atoms with Crippen molar-refractivity contribution in [3.8, 4) is 0 Å². The van der Waals surface area contributed by atoms with E-state index in [9.17, 15) is 14.7 Å². The summed E-state index contributed by atoms with van der Waals surface area (Å²) in [5.74, 6) is -0.533. The lowest BCUT2D eigenvalue weighted by molar-refractivity contribution is 0.0738. The van der Waals surface area contributed by atoms with Crippen LogP contribution in [0.5, 0.6) is 0 Å². The van der Waals surface area contributed by atoms with Gasteiger partial charge >= 0.3 is 0 Å². The predicted octanol–water partition coefficient (Wildman–Crippen LogP) is 0.912. The van der Waals surface area contributed by atoms with Gasteiger partial charge in [-0.3, -0.25) is 14.3 Å². The zero-order valence-corrected chi connectivity index (χ0v) is 16.3. The molecule has 2 N–H and O–H groups in total. The van der Waals surface area contributed by atoms with Crippen LogP contribution < -0.4 is 10.2 Å². The Hall–Kier alpha value is -2.58. The largest absolute Gasteiger partial charge is 0.389 e. The minimum absolute atomic E-state index is 0.177. The van der Waals surface area contributed by atoms with Crippen molar-refractivity contribution in [1.82, 2.24) is 20.0 Å². The molecule has 0 radical (unpaired) electrons. The number of halogens is 1. The van der Waals surface area contributed by atoms with Crippen LogP contribution in [0.1, 0.15) is 26.5 Å². The van der Waals surface area contributed by atoms with Crippen LogP contribution in [0.3, 0.4) is 0 Å². The van der Waals surface area contributed by atoms with Gasteiger partial charge in [-0.25, -0.2) is 0 Å². The number of rotatable bonds is 2. The molecule has 1 fully saturated rings. The first kappa shape index (κ1) is 18.8. The number of carbonyl (C=O) groups excluding carboxylic acids is 2. The van der Waals surface area contributed by atoms with Crippen LogP contribution in [0, 0.1) is 6.92 Å². The van der Waals surface area contributed by atoms with Crippen molar-refractivity contribution < 1.29 is 14.7 Å². The average molecular weight is 404 g/mol. The third-order valence-corrected chi connectivity index (χ3v) is 5.43. The molecule has 0 saturated carbocycles. The number of nitrogens with zero attached hydrogens (tertiary/aromatic N) is 4. The smallest absolute Gasteiger partial charge is 0.274 e. The van der Waals surface area contributed by atoms with Crippen molar-refractivity contribution >= 4 is 29.1 Å². The summed E-state index contributed by atoms with van der Waals surface area (Å²) < 4.78 is 1.41. The fourth-order valence-electron chi connectivity index (χ4n) is 3.64. The summed E-state index contributed by atoms with van der Waals surface area (Å²) >= 11 is 6.13. The number of fused-ring (bicyclic) bond motifs is 1. The van der Waals surface area contributed by atoms with Crippen LogP contribution in [0.25, 0.3) is 0 Å². The Morgan fingerprint density at radius 3 is 2.75 bits per heavy atom. The van der Waals surface area contributed by atoms with Crippen LogP contribution in [-0.4, -0.2) is 70.4 Å². The maximum absolute atomic E-state index is 12.9. The van der Waals surface area contributed by atoms with Crippen molar-refractivity contribution in [1.29, 1.82) is 0 Å². The molecular formula is C19H22ClN5O3. The summed E-state index contributed by atoms with van der Waals surface area (Å²) in [5.41, 5.74) is 2.75. The monoisotopic (exact) mass is 403 g/mol. The molecule has 28 heavy (non-hydrogen) atoms. The Bertz CT molecular complexity index is 920. The standard InChI is InChI=1S/C19H22ClN5O3/c1-12-2-3-13(20)8-16(12)23-4-6-24(7-5-23)19(28)15-9-17-18(27)21-10-14(26)11-25(17)22-15/h2-3,8-9,14,26H,4-7,10-11H2,1H3,(H,21,27)/t14-/m1/s1. The lowest BCUT2D eigenvalue weighted by atomic mass is 10.1. The third-order valence-electron chi connectivity index (χ3n) is 5.19. The molecule has 1 aromatic carbocycles. The number of carbonyl (C=O) groups is 2. The molecule has 1 saturated heterocycles. The van der Waals surface area contributed by atoms with Gasteiger partial charge in [0.15, 0.2) is 5.69 Å². The number of aromatic nitrogens is 2. The number of amides is 2. The van der Waals surface area contributed by atoms with E-state index in [1.54, 1.807) is 4.90 Å². The zero-order chi connectivity index (χ0) is 19.8. The molecule has 8 nitrogen and oxygen atoms in total. The SMILES string of the molecule is Cc1ccc(Cl)cc1N1CCN(C(=O)c2cc3n(n2)C[C@H](O)CNC3=O)CC1. The first-order valence-electron chi connectivity index (χ1n) is 9.27. The number of aryl methyl sites for hydroxylation is 1. The Morgan fingerprint density at radius 2 is 2.00 bits per heavy atom. The summed E-state index contributed by atoms with van der Waals surface area (Å²) in [6.07, 6.45) is -0.725. The van der Waals surface area contributed by atoms with Crippen molar-refractivity contribution in [2.24, 2.45) is 0 Å². The van der Waals surface area contributed by atoms with Crippen LogP contribution >= 0.6 is 11.6 Å². The molecule has 0 unspecified atom stereocenters. The molecule has 1 aromatic heterocycles. The molecule has 0 spiro atoms. The fourth-order valence-corrected chi connectivity index (χ4v) is 3.81. The molecule has 2 aromatic rings. The van der Waals surface area contributed by atoms with Gasteiger partial charge in [-0.05, 0) is 24.6 Å². The lowest BCUT2D eigenvalue weighted by Crippen LogP contribution is -2.49. The molecule has 4 rings (SSSR count). The second-order valence-electron chi connectivity index (χ2n) is 7.17. The maximum atomic E-state index is 12.9. The molecule has 0 aliphatic carbocycles. The Kier molecular flexibility index (Phi) is 4.99. The second kappa shape index (κ2) is 7.44. The lowest BCUT2D eigenvalue weighted by Gasteiger charge is -2.36. The minimum atomic E-state index is -0.725. The normalized spacial score (nSPS) is 19.8. The summed E-state index contributed by atoms with van der Waals surface area (Å²) in [6, 6.07) is 7.32. The van der Waals surface area contributed by atoms with Gasteiger partial charge < -0.3 is 20.2 Å². The van der Waals surface area contributed by atoms with Gasteiger partial charge in [0.25, 0.3) is 11.8 Å². The van der Waals surface area contributed by atoms with E-state index >= 15 is 0 Å². The number of nitrogens with one attached hydrogen (secondary N) is 1. The minimum Gasteiger partial charge on any atom is -0.389 e. The van der Waals surface area contributed by atoms with Gasteiger partial charge in [0.05, 0.1) is 12.6 Å². The van der Waals surface area contributed by atoms with E-state index in [1.807, 2.05) is 25.1 Å². The molecular weight excluding hydrogens is 382 g/mol. The number of hydrogen-bond donors (Lipinski definition) is 2.